The third kappa shape index (κ3) is 3.55. The SMILES string of the molecule is C[C@]1(c2ccc(F)c(F)c2)NC(=O)N(CN2CCC(c3nc4ccccc4s3)CC2)C1=O. The summed E-state index contributed by atoms with van der Waals surface area (Å²) in [5, 5.41) is 3.78. The molecule has 9 heteroatoms. The molecular formula is C23H22F2N4O2S. The minimum absolute atomic E-state index is 0.163. The highest BCUT2D eigenvalue weighted by molar-refractivity contribution is 7.18. The van der Waals surface area contributed by atoms with Crippen molar-refractivity contribution in [1.82, 2.24) is 20.1 Å². The lowest BCUT2D eigenvalue weighted by molar-refractivity contribution is -0.132. The molecule has 3 amide bonds. The fourth-order valence-corrected chi connectivity index (χ4v) is 5.55. The molecule has 2 aliphatic rings. The smallest absolute Gasteiger partial charge is 0.319 e. The molecule has 0 unspecified atom stereocenters. The molecule has 6 nitrogen and oxygen atoms in total. The molecule has 2 saturated heterocycles. The Labute approximate surface area is 187 Å². The van der Waals surface area contributed by atoms with Crippen LogP contribution in [0, 0.1) is 11.6 Å². The first-order valence-corrected chi connectivity index (χ1v) is 11.3. The molecule has 2 fully saturated rings. The lowest BCUT2D eigenvalue weighted by Crippen LogP contribution is -2.46. The summed E-state index contributed by atoms with van der Waals surface area (Å²) >= 11 is 1.72. The van der Waals surface area contributed by atoms with E-state index in [2.05, 4.69) is 16.3 Å². The Balaban J connectivity index is 1.25. The molecule has 2 aliphatic heterocycles. The maximum atomic E-state index is 13.7. The normalized spacial score (nSPS) is 22.7. The molecule has 0 radical (unpaired) electrons. The summed E-state index contributed by atoms with van der Waals surface area (Å²) in [6.07, 6.45) is 1.79. The van der Waals surface area contributed by atoms with Crippen LogP contribution in [0.3, 0.4) is 0 Å². The number of rotatable bonds is 4. The van der Waals surface area contributed by atoms with Gasteiger partial charge in [0.05, 0.1) is 21.9 Å². The van der Waals surface area contributed by atoms with Gasteiger partial charge in [0, 0.05) is 19.0 Å². The Bertz CT molecular complexity index is 1170. The van der Waals surface area contributed by atoms with Gasteiger partial charge in [0.15, 0.2) is 11.6 Å². The van der Waals surface area contributed by atoms with Crippen LogP contribution >= 0.6 is 11.3 Å². The predicted molar refractivity (Wildman–Crippen MR) is 117 cm³/mol. The van der Waals surface area contributed by atoms with Gasteiger partial charge in [-0.2, -0.15) is 0 Å². The summed E-state index contributed by atoms with van der Waals surface area (Å²) in [4.78, 5) is 33.6. The summed E-state index contributed by atoms with van der Waals surface area (Å²) in [6, 6.07) is 10.8. The first kappa shape index (κ1) is 21.0. The number of piperidine rings is 1. The number of fused-ring (bicyclic) bond motifs is 1. The van der Waals surface area contributed by atoms with E-state index < -0.39 is 29.1 Å². The third-order valence-electron chi connectivity index (χ3n) is 6.36. The number of amides is 3. The molecule has 0 aliphatic carbocycles. The van der Waals surface area contributed by atoms with Crippen LogP contribution in [0.25, 0.3) is 10.2 Å². The van der Waals surface area contributed by atoms with Gasteiger partial charge in [-0.1, -0.05) is 18.2 Å². The van der Waals surface area contributed by atoms with Crippen LogP contribution in [0.15, 0.2) is 42.5 Å². The van der Waals surface area contributed by atoms with Gasteiger partial charge in [0.25, 0.3) is 5.91 Å². The van der Waals surface area contributed by atoms with Crippen LogP contribution < -0.4 is 5.32 Å². The van der Waals surface area contributed by atoms with Crippen LogP contribution in [0.2, 0.25) is 0 Å². The zero-order valence-corrected chi connectivity index (χ0v) is 18.3. The van der Waals surface area contributed by atoms with Crippen LogP contribution in [-0.2, 0) is 10.3 Å². The Kier molecular flexibility index (Phi) is 5.17. The molecule has 3 aromatic rings. The number of nitrogens with one attached hydrogen (secondary N) is 1. The summed E-state index contributed by atoms with van der Waals surface area (Å²) in [7, 11) is 0. The quantitative estimate of drug-likeness (QED) is 0.599. The largest absolute Gasteiger partial charge is 0.326 e. The van der Waals surface area contributed by atoms with Crippen molar-refractivity contribution in [3.8, 4) is 0 Å². The predicted octanol–water partition coefficient (Wildman–Crippen LogP) is 4.18. The summed E-state index contributed by atoms with van der Waals surface area (Å²) < 4.78 is 28.2. The minimum Gasteiger partial charge on any atom is -0.319 e. The second kappa shape index (κ2) is 7.90. The Morgan fingerprint density at radius 3 is 2.59 bits per heavy atom. The highest BCUT2D eigenvalue weighted by atomic mass is 32.1. The van der Waals surface area contributed by atoms with E-state index in [1.165, 1.54) is 17.7 Å². The van der Waals surface area contributed by atoms with Crippen molar-refractivity contribution in [2.75, 3.05) is 19.8 Å². The first-order chi connectivity index (χ1) is 15.3. The van der Waals surface area contributed by atoms with E-state index in [9.17, 15) is 18.4 Å². The number of para-hydroxylation sites is 1. The van der Waals surface area contributed by atoms with E-state index >= 15 is 0 Å². The number of halogens is 2. The number of nitrogens with zero attached hydrogens (tertiary/aromatic N) is 3. The number of imide groups is 1. The number of carbonyl (C=O) groups excluding carboxylic acids is 2. The Hall–Kier alpha value is -2.91. The topological polar surface area (TPSA) is 65.5 Å². The Morgan fingerprint density at radius 2 is 1.88 bits per heavy atom. The van der Waals surface area contributed by atoms with Crippen molar-refractivity contribution in [3.63, 3.8) is 0 Å². The zero-order chi connectivity index (χ0) is 22.5. The van der Waals surface area contributed by atoms with Gasteiger partial charge < -0.3 is 5.32 Å². The zero-order valence-electron chi connectivity index (χ0n) is 17.5. The van der Waals surface area contributed by atoms with Crippen LogP contribution in [-0.4, -0.2) is 46.5 Å². The van der Waals surface area contributed by atoms with Crippen LogP contribution in [0.5, 0.6) is 0 Å². The van der Waals surface area contributed by atoms with E-state index in [-0.39, 0.29) is 12.2 Å². The first-order valence-electron chi connectivity index (χ1n) is 10.5. The lowest BCUT2D eigenvalue weighted by Gasteiger charge is -2.33. The fourth-order valence-electron chi connectivity index (χ4n) is 4.41. The average Bonchev–Trinajstić information content (AvgIpc) is 3.31. The van der Waals surface area contributed by atoms with Crippen molar-refractivity contribution in [1.29, 1.82) is 0 Å². The van der Waals surface area contributed by atoms with Gasteiger partial charge in [0.1, 0.15) is 5.54 Å². The molecular weight excluding hydrogens is 434 g/mol. The average molecular weight is 457 g/mol. The number of likely N-dealkylation sites (tertiary alicyclic amines) is 1. The van der Waals surface area contributed by atoms with Crippen LogP contribution in [0.1, 0.15) is 36.3 Å². The van der Waals surface area contributed by atoms with E-state index in [0.717, 1.165) is 53.5 Å². The molecule has 32 heavy (non-hydrogen) atoms. The molecule has 0 spiro atoms. The number of urea groups is 1. The number of hydrogen-bond donors (Lipinski definition) is 1. The monoisotopic (exact) mass is 456 g/mol. The number of hydrogen-bond acceptors (Lipinski definition) is 5. The lowest BCUT2D eigenvalue weighted by atomic mass is 9.92. The molecule has 5 rings (SSSR count). The molecule has 0 saturated carbocycles. The standard InChI is InChI=1S/C23H22F2N4O2S/c1-23(15-6-7-16(24)17(25)12-15)21(30)29(22(31)27-23)13-28-10-8-14(9-11-28)20-26-18-4-2-3-5-19(18)32-20/h2-7,12,14H,8-11,13H2,1H3,(H,27,31)/t23-/m1/s1. The highest BCUT2D eigenvalue weighted by Gasteiger charge is 2.49. The maximum Gasteiger partial charge on any atom is 0.326 e. The number of thiazole rings is 1. The van der Waals surface area contributed by atoms with Crippen molar-refractivity contribution in [3.05, 3.63) is 64.7 Å². The molecule has 1 N–H and O–H groups in total. The Morgan fingerprint density at radius 1 is 1.12 bits per heavy atom. The fraction of sp³-hybridized carbons (Fsp3) is 0.348. The number of carbonyl (C=O) groups is 2. The number of aromatic nitrogens is 1. The second-order valence-corrected chi connectivity index (χ2v) is 9.53. The molecule has 0 bridgehead atoms. The van der Waals surface area contributed by atoms with Gasteiger partial charge >= 0.3 is 6.03 Å². The van der Waals surface area contributed by atoms with Gasteiger partial charge in [0.2, 0.25) is 0 Å². The molecule has 3 heterocycles. The number of benzene rings is 2. The highest BCUT2D eigenvalue weighted by Crippen LogP contribution is 2.35. The van der Waals surface area contributed by atoms with Crippen molar-refractivity contribution in [2.45, 2.75) is 31.2 Å². The van der Waals surface area contributed by atoms with E-state index in [1.54, 1.807) is 11.3 Å². The van der Waals surface area contributed by atoms with Gasteiger partial charge in [-0.3, -0.25) is 9.69 Å². The van der Waals surface area contributed by atoms with E-state index in [4.69, 9.17) is 4.98 Å². The second-order valence-electron chi connectivity index (χ2n) is 8.47. The van der Waals surface area contributed by atoms with Crippen LogP contribution in [0.4, 0.5) is 13.6 Å². The summed E-state index contributed by atoms with van der Waals surface area (Å²) in [5.74, 6) is -2.16. The summed E-state index contributed by atoms with van der Waals surface area (Å²) in [5.41, 5.74) is -0.192. The van der Waals surface area contributed by atoms with E-state index in [0.29, 0.717) is 5.92 Å². The van der Waals surface area contributed by atoms with Gasteiger partial charge in [-0.15, -0.1) is 11.3 Å². The molecule has 1 atom stereocenters. The van der Waals surface area contributed by atoms with Gasteiger partial charge in [-0.25, -0.2) is 23.5 Å². The van der Waals surface area contributed by atoms with Crippen molar-refractivity contribution < 1.29 is 18.4 Å². The van der Waals surface area contributed by atoms with E-state index in [1.807, 2.05) is 18.2 Å². The third-order valence-corrected chi connectivity index (χ3v) is 7.56. The summed E-state index contributed by atoms with van der Waals surface area (Å²) in [6.45, 7) is 3.15. The minimum atomic E-state index is -1.43. The maximum absolute atomic E-state index is 13.7. The molecule has 2 aromatic carbocycles. The van der Waals surface area contributed by atoms with Crippen molar-refractivity contribution in [2.24, 2.45) is 0 Å². The molecule has 166 valence electrons. The van der Waals surface area contributed by atoms with Gasteiger partial charge in [-0.05, 0) is 49.6 Å². The van der Waals surface area contributed by atoms with Crippen molar-refractivity contribution >= 4 is 33.5 Å². The molecule has 1 aromatic heterocycles.